The number of aromatic nitrogens is 2. The zero-order chi connectivity index (χ0) is 16.9. The van der Waals surface area contributed by atoms with E-state index in [0.29, 0.717) is 22.5 Å². The number of hydrogen-bond donors (Lipinski definition) is 4. The van der Waals surface area contributed by atoms with Crippen molar-refractivity contribution in [3.05, 3.63) is 33.3 Å². The Morgan fingerprint density at radius 1 is 1.35 bits per heavy atom. The van der Waals surface area contributed by atoms with Crippen LogP contribution in [0.3, 0.4) is 0 Å². The van der Waals surface area contributed by atoms with E-state index in [1.165, 1.54) is 6.07 Å². The van der Waals surface area contributed by atoms with Gasteiger partial charge < -0.3 is 25.0 Å². The van der Waals surface area contributed by atoms with Crippen LogP contribution in [0.2, 0.25) is 0 Å². The summed E-state index contributed by atoms with van der Waals surface area (Å²) in [7, 11) is 0. The first kappa shape index (κ1) is 16.4. The molecule has 4 N–H and O–H groups in total. The van der Waals surface area contributed by atoms with E-state index in [1.54, 1.807) is 13.8 Å². The van der Waals surface area contributed by atoms with E-state index >= 15 is 0 Å². The Morgan fingerprint density at radius 3 is 2.65 bits per heavy atom. The molecule has 124 valence electrons. The van der Waals surface area contributed by atoms with Gasteiger partial charge in [0.25, 0.3) is 0 Å². The summed E-state index contributed by atoms with van der Waals surface area (Å²) in [6.07, 6.45) is -4.36. The number of aromatic amines is 1. The Balaban J connectivity index is 2.16. The number of H-pyrrole nitrogens is 1. The molecule has 2 unspecified atom stereocenters. The van der Waals surface area contributed by atoms with Gasteiger partial charge in [0.15, 0.2) is 0 Å². The van der Waals surface area contributed by atoms with E-state index in [9.17, 15) is 19.7 Å². The first-order valence-corrected chi connectivity index (χ1v) is 7.58. The molecule has 2 aromatic rings. The number of ether oxygens (including phenoxy) is 1. The van der Waals surface area contributed by atoms with E-state index in [4.69, 9.17) is 17.0 Å². The Labute approximate surface area is 136 Å². The maximum atomic E-state index is 14.5. The van der Waals surface area contributed by atoms with Crippen molar-refractivity contribution in [3.63, 3.8) is 0 Å². The van der Waals surface area contributed by atoms with Gasteiger partial charge in [0.05, 0.1) is 12.0 Å². The van der Waals surface area contributed by atoms with Gasteiger partial charge in [-0.1, -0.05) is 12.2 Å². The Bertz CT molecular complexity index is 825. The zero-order valence-corrected chi connectivity index (χ0v) is 13.4. The van der Waals surface area contributed by atoms with Crippen molar-refractivity contribution in [1.29, 1.82) is 0 Å². The van der Waals surface area contributed by atoms with E-state index in [-0.39, 0.29) is 10.0 Å². The van der Waals surface area contributed by atoms with E-state index in [0.717, 1.165) is 0 Å². The monoisotopic (exact) mass is 340 g/mol. The molecule has 0 saturated carbocycles. The Morgan fingerprint density at radius 2 is 2.04 bits per heavy atom. The normalized spacial score (nSPS) is 27.7. The largest absolute Gasteiger partial charge is 0.394 e. The van der Waals surface area contributed by atoms with Gasteiger partial charge in [-0.2, -0.15) is 0 Å². The highest BCUT2D eigenvalue weighted by atomic mass is 32.1. The number of pyridine rings is 2. The van der Waals surface area contributed by atoms with Crippen LogP contribution in [-0.4, -0.2) is 50.2 Å². The van der Waals surface area contributed by atoms with Crippen molar-refractivity contribution in [3.8, 4) is 0 Å². The average molecular weight is 340 g/mol. The van der Waals surface area contributed by atoms with Crippen LogP contribution < -0.4 is 0 Å². The third-order valence-electron chi connectivity index (χ3n) is 4.29. The summed E-state index contributed by atoms with van der Waals surface area (Å²) >= 11 is 5.25. The Kier molecular flexibility index (Phi) is 4.19. The van der Waals surface area contributed by atoms with Gasteiger partial charge in [0.1, 0.15) is 40.5 Å². The molecule has 0 aliphatic carbocycles. The number of halogens is 1. The number of aliphatic hydroxyl groups excluding tert-OH is 3. The number of nitrogens with zero attached hydrogens (tertiary/aromatic N) is 1. The summed E-state index contributed by atoms with van der Waals surface area (Å²) in [4.78, 5) is 7.12. The van der Waals surface area contributed by atoms with E-state index in [2.05, 4.69) is 9.97 Å². The van der Waals surface area contributed by atoms with Gasteiger partial charge in [0, 0.05) is 16.8 Å². The second-order valence-corrected chi connectivity index (χ2v) is 6.12. The van der Waals surface area contributed by atoms with Gasteiger partial charge in [-0.15, -0.1) is 0 Å². The molecule has 23 heavy (non-hydrogen) atoms. The first-order valence-electron chi connectivity index (χ1n) is 7.17. The summed E-state index contributed by atoms with van der Waals surface area (Å²) in [5.74, 6) is -0.424. The number of hydrogen-bond acceptors (Lipinski definition) is 6. The minimum atomic E-state index is -1.26. The van der Waals surface area contributed by atoms with Crippen LogP contribution in [0.1, 0.15) is 22.9 Å². The molecule has 0 bridgehead atoms. The summed E-state index contributed by atoms with van der Waals surface area (Å²) < 4.78 is 20.2. The number of nitrogens with one attached hydrogen (secondary N) is 1. The lowest BCUT2D eigenvalue weighted by atomic mass is 10.0. The lowest BCUT2D eigenvalue weighted by Crippen LogP contribution is -2.32. The van der Waals surface area contributed by atoms with Gasteiger partial charge in [-0.25, -0.2) is 9.37 Å². The average Bonchev–Trinajstić information content (AvgIpc) is 2.80. The highest BCUT2D eigenvalue weighted by molar-refractivity contribution is 7.71. The smallest absolute Gasteiger partial charge is 0.141 e. The molecule has 4 atom stereocenters. The lowest BCUT2D eigenvalue weighted by molar-refractivity contribution is -0.0229. The highest BCUT2D eigenvalue weighted by Crippen LogP contribution is 2.35. The molecule has 3 rings (SSSR count). The van der Waals surface area contributed by atoms with Gasteiger partial charge in [0.2, 0.25) is 0 Å². The summed E-state index contributed by atoms with van der Waals surface area (Å²) in [6, 6.07) is 1.48. The van der Waals surface area contributed by atoms with Gasteiger partial charge in [-0.05, 0) is 19.9 Å². The van der Waals surface area contributed by atoms with Crippen LogP contribution in [0, 0.1) is 24.3 Å². The molecule has 0 radical (unpaired) electrons. The van der Waals surface area contributed by atoms with Crippen LogP contribution in [0.5, 0.6) is 0 Å². The molecule has 1 aliphatic rings. The van der Waals surface area contributed by atoms with Crippen molar-refractivity contribution >= 4 is 23.3 Å². The van der Waals surface area contributed by atoms with Gasteiger partial charge in [-0.3, -0.25) is 0 Å². The minimum Gasteiger partial charge on any atom is -0.394 e. The highest BCUT2D eigenvalue weighted by Gasteiger charge is 2.43. The van der Waals surface area contributed by atoms with E-state index in [1.807, 2.05) is 0 Å². The Hall–Kier alpha value is -1.45. The fraction of sp³-hybridized carbons (Fsp3) is 0.467. The van der Waals surface area contributed by atoms with Crippen molar-refractivity contribution in [1.82, 2.24) is 9.97 Å². The van der Waals surface area contributed by atoms with Crippen molar-refractivity contribution in [2.24, 2.45) is 0 Å². The third kappa shape index (κ3) is 2.56. The summed E-state index contributed by atoms with van der Waals surface area (Å²) in [5.41, 5.74) is 1.64. The predicted octanol–water partition coefficient (Wildman–Crippen LogP) is 1.20. The number of aliphatic hydroxyl groups is 3. The molecule has 6 nitrogen and oxygen atoms in total. The molecular formula is C15H17FN2O4S. The first-order chi connectivity index (χ1) is 10.8. The lowest BCUT2D eigenvalue weighted by Gasteiger charge is -2.16. The third-order valence-corrected chi connectivity index (χ3v) is 4.62. The second-order valence-electron chi connectivity index (χ2n) is 5.71. The van der Waals surface area contributed by atoms with Crippen LogP contribution in [-0.2, 0) is 4.74 Å². The molecule has 1 fully saturated rings. The minimum absolute atomic E-state index is 0.231. The van der Waals surface area contributed by atoms with Gasteiger partial charge >= 0.3 is 0 Å². The number of aryl methyl sites for hydroxylation is 1. The molecule has 0 aromatic carbocycles. The van der Waals surface area contributed by atoms with E-state index < -0.39 is 36.8 Å². The molecular weight excluding hydrogens is 323 g/mol. The van der Waals surface area contributed by atoms with Crippen LogP contribution >= 0.6 is 12.2 Å². The summed E-state index contributed by atoms with van der Waals surface area (Å²) in [5, 5.41) is 29.4. The van der Waals surface area contributed by atoms with Crippen LogP contribution in [0.15, 0.2) is 6.07 Å². The molecule has 1 saturated heterocycles. The molecule has 0 amide bonds. The SMILES string of the molecule is Cc1nc2[nH]c(=S)c([C@@H]3O[C@H](CO)C(O)C3O)cc2c(F)c1C. The maximum Gasteiger partial charge on any atom is 0.141 e. The van der Waals surface area contributed by atoms with Crippen molar-refractivity contribution in [2.75, 3.05) is 6.61 Å². The quantitative estimate of drug-likeness (QED) is 0.613. The molecule has 1 aliphatic heterocycles. The summed E-state index contributed by atoms with van der Waals surface area (Å²) in [6.45, 7) is 2.90. The molecule has 2 aromatic heterocycles. The second kappa shape index (κ2) is 5.88. The maximum absolute atomic E-state index is 14.5. The van der Waals surface area contributed by atoms with Crippen LogP contribution in [0.25, 0.3) is 11.0 Å². The van der Waals surface area contributed by atoms with Crippen molar-refractivity contribution in [2.45, 2.75) is 38.3 Å². The predicted molar refractivity (Wildman–Crippen MR) is 83.1 cm³/mol. The number of fused-ring (bicyclic) bond motifs is 1. The standard InChI is InChI=1S/C15H17FN2O4S/c1-5-6(2)17-14-7(10(5)16)3-8(15(23)18-14)13-12(21)11(20)9(4-19)22-13/h3,9,11-13,19-21H,4H2,1-2H3,(H,17,18,23)/t9-,11?,12?,13+/m1/s1. The molecule has 3 heterocycles. The fourth-order valence-corrected chi connectivity index (χ4v) is 3.04. The van der Waals surface area contributed by atoms with Crippen LogP contribution in [0.4, 0.5) is 4.39 Å². The van der Waals surface area contributed by atoms with Crippen molar-refractivity contribution < 1.29 is 24.4 Å². The molecule has 8 heteroatoms. The molecule has 0 spiro atoms. The number of rotatable bonds is 2. The topological polar surface area (TPSA) is 98.6 Å². The fourth-order valence-electron chi connectivity index (χ4n) is 2.77. The zero-order valence-electron chi connectivity index (χ0n) is 12.6.